The van der Waals surface area contributed by atoms with Gasteiger partial charge in [-0.15, -0.1) is 0 Å². The van der Waals surface area contributed by atoms with Crippen molar-refractivity contribution < 1.29 is 0 Å². The lowest BCUT2D eigenvalue weighted by Gasteiger charge is -2.20. The third-order valence-electron chi connectivity index (χ3n) is 4.04. The van der Waals surface area contributed by atoms with Gasteiger partial charge < -0.3 is 5.32 Å². The molecule has 0 aliphatic heterocycles. The van der Waals surface area contributed by atoms with E-state index in [1.807, 2.05) is 0 Å². The monoisotopic (exact) mass is 301 g/mol. The standard InChI is InChI=1S/C17H20ClN3/c1-2-6-14-16(18)19-11-20-17(14)21-15-10-5-8-12-7-3-4-9-13(12)15/h5,8,10-11H,2-4,6-7,9H2,1H3,(H,19,20,21). The second kappa shape index (κ2) is 6.44. The smallest absolute Gasteiger partial charge is 0.138 e. The molecule has 0 unspecified atom stereocenters. The van der Waals surface area contributed by atoms with E-state index in [-0.39, 0.29) is 0 Å². The van der Waals surface area contributed by atoms with Crippen LogP contribution in [0.1, 0.15) is 42.9 Å². The molecular formula is C17H20ClN3. The lowest BCUT2D eigenvalue weighted by Crippen LogP contribution is -2.08. The van der Waals surface area contributed by atoms with Crippen LogP contribution < -0.4 is 5.32 Å². The van der Waals surface area contributed by atoms with E-state index in [9.17, 15) is 0 Å². The molecule has 4 heteroatoms. The number of hydrogen-bond acceptors (Lipinski definition) is 3. The number of aromatic nitrogens is 2. The topological polar surface area (TPSA) is 37.8 Å². The van der Waals surface area contributed by atoms with Gasteiger partial charge in [0.1, 0.15) is 17.3 Å². The summed E-state index contributed by atoms with van der Waals surface area (Å²) in [4.78, 5) is 8.50. The Morgan fingerprint density at radius 1 is 1.19 bits per heavy atom. The fourth-order valence-corrected chi connectivity index (χ4v) is 3.22. The maximum atomic E-state index is 6.23. The van der Waals surface area contributed by atoms with Crippen LogP contribution in [0.2, 0.25) is 5.15 Å². The van der Waals surface area contributed by atoms with Crippen molar-refractivity contribution in [3.8, 4) is 0 Å². The molecule has 1 aromatic carbocycles. The molecule has 0 fully saturated rings. The fraction of sp³-hybridized carbons (Fsp3) is 0.412. The summed E-state index contributed by atoms with van der Waals surface area (Å²) in [5, 5.41) is 4.05. The normalized spacial score (nSPS) is 13.8. The number of nitrogens with zero attached hydrogens (tertiary/aromatic N) is 2. The zero-order valence-electron chi connectivity index (χ0n) is 12.3. The van der Waals surface area contributed by atoms with Crippen molar-refractivity contribution in [3.05, 3.63) is 46.4 Å². The first-order chi connectivity index (χ1) is 10.3. The number of aryl methyl sites for hydroxylation is 1. The van der Waals surface area contributed by atoms with Gasteiger partial charge in [-0.1, -0.05) is 37.1 Å². The Morgan fingerprint density at radius 3 is 2.90 bits per heavy atom. The van der Waals surface area contributed by atoms with Gasteiger partial charge in [0.05, 0.1) is 0 Å². The molecule has 1 N–H and O–H groups in total. The first-order valence-electron chi connectivity index (χ1n) is 7.66. The highest BCUT2D eigenvalue weighted by molar-refractivity contribution is 6.30. The molecule has 3 rings (SSSR count). The van der Waals surface area contributed by atoms with Crippen LogP contribution in [0.25, 0.3) is 0 Å². The Bertz CT molecular complexity index is 640. The molecule has 110 valence electrons. The van der Waals surface area contributed by atoms with Crippen molar-refractivity contribution in [2.45, 2.75) is 45.4 Å². The Balaban J connectivity index is 1.96. The Kier molecular flexibility index (Phi) is 4.39. The predicted molar refractivity (Wildman–Crippen MR) is 87.4 cm³/mol. The van der Waals surface area contributed by atoms with E-state index in [1.54, 1.807) is 0 Å². The molecule has 1 aromatic heterocycles. The Hall–Kier alpha value is -1.61. The van der Waals surface area contributed by atoms with Gasteiger partial charge in [0.2, 0.25) is 0 Å². The quantitative estimate of drug-likeness (QED) is 0.831. The zero-order valence-corrected chi connectivity index (χ0v) is 13.1. The molecule has 0 radical (unpaired) electrons. The summed E-state index contributed by atoms with van der Waals surface area (Å²) in [6.07, 6.45) is 8.30. The minimum atomic E-state index is 0.555. The highest BCUT2D eigenvalue weighted by atomic mass is 35.5. The zero-order chi connectivity index (χ0) is 14.7. The molecule has 2 aromatic rings. The molecule has 0 amide bonds. The van der Waals surface area contributed by atoms with Crippen molar-refractivity contribution >= 4 is 23.1 Å². The van der Waals surface area contributed by atoms with Gasteiger partial charge in [-0.2, -0.15) is 0 Å². The van der Waals surface area contributed by atoms with Gasteiger partial charge in [0.25, 0.3) is 0 Å². The van der Waals surface area contributed by atoms with Gasteiger partial charge in [0.15, 0.2) is 0 Å². The summed E-state index contributed by atoms with van der Waals surface area (Å²) in [6, 6.07) is 6.49. The van der Waals surface area contributed by atoms with E-state index in [0.717, 1.165) is 30.6 Å². The van der Waals surface area contributed by atoms with E-state index < -0.39 is 0 Å². The maximum Gasteiger partial charge on any atom is 0.138 e. The van der Waals surface area contributed by atoms with E-state index >= 15 is 0 Å². The Morgan fingerprint density at radius 2 is 2.05 bits per heavy atom. The van der Waals surface area contributed by atoms with Crippen LogP contribution >= 0.6 is 11.6 Å². The average Bonchev–Trinajstić information content (AvgIpc) is 2.51. The summed E-state index contributed by atoms with van der Waals surface area (Å²) in [5.74, 6) is 0.843. The van der Waals surface area contributed by atoms with Crippen molar-refractivity contribution in [1.82, 2.24) is 9.97 Å². The number of anilines is 2. The van der Waals surface area contributed by atoms with E-state index in [2.05, 4.69) is 40.4 Å². The lowest BCUT2D eigenvalue weighted by atomic mass is 9.90. The molecule has 21 heavy (non-hydrogen) atoms. The molecule has 1 aliphatic rings. The van der Waals surface area contributed by atoms with Gasteiger partial charge in [0, 0.05) is 11.3 Å². The van der Waals surface area contributed by atoms with Gasteiger partial charge in [-0.05, 0) is 49.3 Å². The summed E-state index contributed by atoms with van der Waals surface area (Å²) in [6.45, 7) is 2.14. The van der Waals surface area contributed by atoms with Crippen LogP contribution in [-0.4, -0.2) is 9.97 Å². The summed E-state index contributed by atoms with van der Waals surface area (Å²) in [5.41, 5.74) is 5.07. The number of fused-ring (bicyclic) bond motifs is 1. The highest BCUT2D eigenvalue weighted by Crippen LogP contribution is 2.31. The number of benzene rings is 1. The van der Waals surface area contributed by atoms with Crippen molar-refractivity contribution in [3.63, 3.8) is 0 Å². The lowest BCUT2D eigenvalue weighted by molar-refractivity contribution is 0.687. The van der Waals surface area contributed by atoms with E-state index in [4.69, 9.17) is 11.6 Å². The molecule has 0 saturated carbocycles. The second-order valence-electron chi connectivity index (χ2n) is 5.52. The van der Waals surface area contributed by atoms with Gasteiger partial charge in [-0.25, -0.2) is 9.97 Å². The molecule has 0 bridgehead atoms. The summed E-state index contributed by atoms with van der Waals surface area (Å²) >= 11 is 6.23. The number of halogens is 1. The molecular weight excluding hydrogens is 282 g/mol. The van der Waals surface area contributed by atoms with Crippen LogP contribution in [-0.2, 0) is 19.3 Å². The summed E-state index contributed by atoms with van der Waals surface area (Å²) in [7, 11) is 0. The number of rotatable bonds is 4. The van der Waals surface area contributed by atoms with Crippen LogP contribution in [0.3, 0.4) is 0 Å². The van der Waals surface area contributed by atoms with Gasteiger partial charge >= 0.3 is 0 Å². The average molecular weight is 302 g/mol. The number of hydrogen-bond donors (Lipinski definition) is 1. The minimum Gasteiger partial charge on any atom is -0.340 e. The SMILES string of the molecule is CCCc1c(Cl)ncnc1Nc1cccc2c1CCCC2. The maximum absolute atomic E-state index is 6.23. The third-order valence-corrected chi connectivity index (χ3v) is 4.37. The van der Waals surface area contributed by atoms with E-state index in [0.29, 0.717) is 5.15 Å². The first kappa shape index (κ1) is 14.3. The molecule has 1 heterocycles. The minimum absolute atomic E-state index is 0.555. The molecule has 1 aliphatic carbocycles. The fourth-order valence-electron chi connectivity index (χ4n) is 3.00. The van der Waals surface area contributed by atoms with Crippen LogP contribution in [0.15, 0.2) is 24.5 Å². The van der Waals surface area contributed by atoms with E-state index in [1.165, 1.54) is 42.4 Å². The second-order valence-corrected chi connectivity index (χ2v) is 5.88. The van der Waals surface area contributed by atoms with Crippen LogP contribution in [0.5, 0.6) is 0 Å². The summed E-state index contributed by atoms with van der Waals surface area (Å²) < 4.78 is 0. The molecule has 0 atom stereocenters. The largest absolute Gasteiger partial charge is 0.340 e. The van der Waals surface area contributed by atoms with Crippen LogP contribution in [0, 0.1) is 0 Å². The molecule has 0 saturated heterocycles. The molecule has 0 spiro atoms. The Labute approximate surface area is 130 Å². The number of nitrogens with one attached hydrogen (secondary N) is 1. The molecule has 3 nitrogen and oxygen atoms in total. The first-order valence-corrected chi connectivity index (χ1v) is 8.04. The van der Waals surface area contributed by atoms with Gasteiger partial charge in [-0.3, -0.25) is 0 Å². The van der Waals surface area contributed by atoms with Crippen LogP contribution in [0.4, 0.5) is 11.5 Å². The van der Waals surface area contributed by atoms with Crippen molar-refractivity contribution in [2.75, 3.05) is 5.32 Å². The van der Waals surface area contributed by atoms with Crippen molar-refractivity contribution in [2.24, 2.45) is 0 Å². The predicted octanol–water partition coefficient (Wildman–Crippen LogP) is 4.70. The highest BCUT2D eigenvalue weighted by Gasteiger charge is 2.15. The van der Waals surface area contributed by atoms with Crippen molar-refractivity contribution in [1.29, 1.82) is 0 Å². The third kappa shape index (κ3) is 3.03.